The molecule has 0 atom stereocenters. The smallest absolute Gasteiger partial charge is 0.219 e. The first-order valence-electron chi connectivity index (χ1n) is 5.89. The summed E-state index contributed by atoms with van der Waals surface area (Å²) >= 11 is 0. The monoisotopic (exact) mass is 243 g/mol. The van der Waals surface area contributed by atoms with Crippen LogP contribution in [0, 0.1) is 13.8 Å². The predicted octanol–water partition coefficient (Wildman–Crippen LogP) is 3.29. The molecule has 2 rings (SSSR count). The van der Waals surface area contributed by atoms with Gasteiger partial charge in [0.15, 0.2) is 0 Å². The van der Waals surface area contributed by atoms with Crippen molar-refractivity contribution in [1.29, 1.82) is 0 Å². The number of rotatable bonds is 4. The molecule has 94 valence electrons. The second kappa shape index (κ2) is 5.54. The number of hydrogen-bond donors (Lipinski definition) is 0. The maximum absolute atomic E-state index is 5.83. The summed E-state index contributed by atoms with van der Waals surface area (Å²) in [6.45, 7) is 4.60. The highest BCUT2D eigenvalue weighted by molar-refractivity contribution is 5.38. The number of ether oxygens (including phenoxy) is 2. The van der Waals surface area contributed by atoms with Crippen molar-refractivity contribution in [3.63, 3.8) is 0 Å². The summed E-state index contributed by atoms with van der Waals surface area (Å²) in [7, 11) is 1.61. The Balaban J connectivity index is 2.14. The number of aromatic nitrogens is 1. The third-order valence-corrected chi connectivity index (χ3v) is 2.98. The fourth-order valence-electron chi connectivity index (χ4n) is 1.75. The third kappa shape index (κ3) is 2.62. The number of aryl methyl sites for hydroxylation is 1. The molecule has 0 spiro atoms. The van der Waals surface area contributed by atoms with E-state index in [0.29, 0.717) is 12.5 Å². The van der Waals surface area contributed by atoms with E-state index in [4.69, 9.17) is 9.47 Å². The highest BCUT2D eigenvalue weighted by Crippen LogP contribution is 2.23. The Bertz CT molecular complexity index is 538. The minimum Gasteiger partial charge on any atom is -0.488 e. The summed E-state index contributed by atoms with van der Waals surface area (Å²) in [5.41, 5.74) is 3.34. The molecule has 0 amide bonds. The second-order valence-electron chi connectivity index (χ2n) is 4.16. The van der Waals surface area contributed by atoms with Gasteiger partial charge in [0.05, 0.1) is 12.7 Å². The Kier molecular flexibility index (Phi) is 3.82. The quantitative estimate of drug-likeness (QED) is 0.825. The minimum atomic E-state index is 0.460. The Morgan fingerprint density at radius 1 is 1.11 bits per heavy atom. The molecule has 3 heteroatoms. The van der Waals surface area contributed by atoms with Crippen LogP contribution in [0.15, 0.2) is 36.5 Å². The summed E-state index contributed by atoms with van der Waals surface area (Å²) in [6.07, 6.45) is 1.71. The Morgan fingerprint density at radius 3 is 2.72 bits per heavy atom. The van der Waals surface area contributed by atoms with E-state index in [9.17, 15) is 0 Å². The molecule has 1 aromatic heterocycles. The molecule has 0 radical (unpaired) electrons. The molecule has 0 fully saturated rings. The van der Waals surface area contributed by atoms with Gasteiger partial charge < -0.3 is 9.47 Å². The van der Waals surface area contributed by atoms with Crippen LogP contribution in [0.1, 0.15) is 16.7 Å². The van der Waals surface area contributed by atoms with Gasteiger partial charge >= 0.3 is 0 Å². The summed E-state index contributed by atoms with van der Waals surface area (Å²) in [4.78, 5) is 4.15. The van der Waals surface area contributed by atoms with E-state index < -0.39 is 0 Å². The van der Waals surface area contributed by atoms with Crippen molar-refractivity contribution in [3.05, 3.63) is 53.2 Å². The van der Waals surface area contributed by atoms with E-state index in [1.54, 1.807) is 13.3 Å². The van der Waals surface area contributed by atoms with Crippen molar-refractivity contribution in [2.75, 3.05) is 7.11 Å². The van der Waals surface area contributed by atoms with Crippen molar-refractivity contribution in [2.24, 2.45) is 0 Å². The lowest BCUT2D eigenvalue weighted by molar-refractivity contribution is 0.292. The average molecular weight is 243 g/mol. The van der Waals surface area contributed by atoms with Crippen LogP contribution in [0.4, 0.5) is 0 Å². The summed E-state index contributed by atoms with van der Waals surface area (Å²) in [6, 6.07) is 9.89. The number of benzene rings is 1. The van der Waals surface area contributed by atoms with Crippen LogP contribution in [0.5, 0.6) is 11.6 Å². The fraction of sp³-hybridized carbons (Fsp3) is 0.267. The lowest BCUT2D eigenvalue weighted by Crippen LogP contribution is -2.01. The third-order valence-electron chi connectivity index (χ3n) is 2.98. The van der Waals surface area contributed by atoms with Gasteiger partial charge in [0.25, 0.3) is 0 Å². The topological polar surface area (TPSA) is 31.4 Å². The van der Waals surface area contributed by atoms with Crippen molar-refractivity contribution >= 4 is 0 Å². The number of pyridine rings is 1. The normalized spacial score (nSPS) is 10.2. The van der Waals surface area contributed by atoms with E-state index in [1.807, 2.05) is 24.3 Å². The fourth-order valence-corrected chi connectivity index (χ4v) is 1.75. The molecule has 0 bridgehead atoms. The van der Waals surface area contributed by atoms with Gasteiger partial charge in [0.2, 0.25) is 5.88 Å². The zero-order valence-electron chi connectivity index (χ0n) is 10.9. The predicted molar refractivity (Wildman–Crippen MR) is 71.0 cm³/mol. The van der Waals surface area contributed by atoms with Gasteiger partial charge in [-0.3, -0.25) is 0 Å². The molecule has 0 aliphatic carbocycles. The second-order valence-corrected chi connectivity index (χ2v) is 4.16. The number of hydrogen-bond acceptors (Lipinski definition) is 3. The van der Waals surface area contributed by atoms with E-state index >= 15 is 0 Å². The minimum absolute atomic E-state index is 0.460. The molecular weight excluding hydrogens is 226 g/mol. The Labute approximate surface area is 107 Å². The summed E-state index contributed by atoms with van der Waals surface area (Å²) < 4.78 is 11.0. The van der Waals surface area contributed by atoms with Gasteiger partial charge in [-0.2, -0.15) is 0 Å². The summed E-state index contributed by atoms with van der Waals surface area (Å²) in [5.74, 6) is 1.52. The largest absolute Gasteiger partial charge is 0.488 e. The molecular formula is C15H17NO2. The maximum Gasteiger partial charge on any atom is 0.219 e. The van der Waals surface area contributed by atoms with Crippen LogP contribution in [-0.4, -0.2) is 12.1 Å². The van der Waals surface area contributed by atoms with Crippen LogP contribution in [-0.2, 0) is 6.61 Å². The molecule has 18 heavy (non-hydrogen) atoms. The van der Waals surface area contributed by atoms with E-state index in [-0.39, 0.29) is 0 Å². The van der Waals surface area contributed by atoms with Gasteiger partial charge in [-0.15, -0.1) is 0 Å². The lowest BCUT2D eigenvalue weighted by Gasteiger charge is -2.12. The van der Waals surface area contributed by atoms with Gasteiger partial charge in [-0.05, 0) is 43.2 Å². The van der Waals surface area contributed by atoms with Crippen molar-refractivity contribution in [3.8, 4) is 11.6 Å². The van der Waals surface area contributed by atoms with Crippen LogP contribution >= 0.6 is 0 Å². The summed E-state index contributed by atoms with van der Waals surface area (Å²) in [5, 5.41) is 0. The maximum atomic E-state index is 5.83. The molecule has 1 heterocycles. The van der Waals surface area contributed by atoms with E-state index in [0.717, 1.165) is 11.3 Å². The number of methoxy groups -OCH3 is 1. The van der Waals surface area contributed by atoms with Gasteiger partial charge in [-0.25, -0.2) is 4.98 Å². The van der Waals surface area contributed by atoms with Gasteiger partial charge in [0, 0.05) is 6.20 Å². The van der Waals surface area contributed by atoms with Crippen molar-refractivity contribution in [2.45, 2.75) is 20.5 Å². The molecule has 0 aliphatic rings. The lowest BCUT2D eigenvalue weighted by atomic mass is 10.1. The van der Waals surface area contributed by atoms with Gasteiger partial charge in [0.1, 0.15) is 12.4 Å². The molecule has 2 aromatic rings. The highest BCUT2D eigenvalue weighted by Gasteiger charge is 2.06. The Morgan fingerprint density at radius 2 is 1.94 bits per heavy atom. The molecule has 3 nitrogen and oxygen atoms in total. The first-order chi connectivity index (χ1) is 8.72. The molecule has 1 aromatic carbocycles. The standard InChI is InChI=1S/C15H17NO2/c1-11-6-4-8-14(12(11)2)18-10-13-7-5-9-16-15(13)17-3/h4-9H,10H2,1-3H3. The first kappa shape index (κ1) is 12.4. The van der Waals surface area contributed by atoms with E-state index in [2.05, 4.69) is 24.9 Å². The van der Waals surface area contributed by atoms with Crippen molar-refractivity contribution < 1.29 is 9.47 Å². The SMILES string of the molecule is COc1ncccc1COc1cccc(C)c1C. The van der Waals surface area contributed by atoms with Crippen LogP contribution in [0.3, 0.4) is 0 Å². The molecule has 0 aliphatic heterocycles. The zero-order valence-corrected chi connectivity index (χ0v) is 10.9. The van der Waals surface area contributed by atoms with Crippen LogP contribution < -0.4 is 9.47 Å². The van der Waals surface area contributed by atoms with Crippen molar-refractivity contribution in [1.82, 2.24) is 4.98 Å². The molecule has 0 N–H and O–H groups in total. The van der Waals surface area contributed by atoms with E-state index in [1.165, 1.54) is 11.1 Å². The van der Waals surface area contributed by atoms with Gasteiger partial charge in [-0.1, -0.05) is 12.1 Å². The number of nitrogens with zero attached hydrogens (tertiary/aromatic N) is 1. The molecule has 0 saturated heterocycles. The Hall–Kier alpha value is -2.03. The van der Waals surface area contributed by atoms with Crippen LogP contribution in [0.2, 0.25) is 0 Å². The van der Waals surface area contributed by atoms with Crippen LogP contribution in [0.25, 0.3) is 0 Å². The average Bonchev–Trinajstić information content (AvgIpc) is 2.41. The first-order valence-corrected chi connectivity index (χ1v) is 5.89. The molecule has 0 unspecified atom stereocenters. The highest BCUT2D eigenvalue weighted by atomic mass is 16.5. The molecule has 0 saturated carbocycles. The zero-order chi connectivity index (χ0) is 13.0.